The molecule has 0 aliphatic carbocycles. The molecule has 7 heteroatoms. The zero-order valence-electron chi connectivity index (χ0n) is 18.7. The van der Waals surface area contributed by atoms with Gasteiger partial charge in [-0.3, -0.25) is 9.78 Å². The average Bonchev–Trinajstić information content (AvgIpc) is 3.14. The van der Waals surface area contributed by atoms with Gasteiger partial charge in [0, 0.05) is 53.3 Å². The van der Waals surface area contributed by atoms with Crippen LogP contribution in [0.5, 0.6) is 5.75 Å². The van der Waals surface area contributed by atoms with Crippen LogP contribution in [-0.2, 0) is 17.8 Å². The molecule has 0 aliphatic heterocycles. The van der Waals surface area contributed by atoms with Gasteiger partial charge in [-0.15, -0.1) is 0 Å². The maximum atomic E-state index is 12.2. The molecule has 0 atom stereocenters. The number of aromatic amines is 1. The summed E-state index contributed by atoms with van der Waals surface area (Å²) in [6.07, 6.45) is 4.63. The predicted octanol–water partition coefficient (Wildman–Crippen LogP) is 5.00. The van der Waals surface area contributed by atoms with Gasteiger partial charge in [0.15, 0.2) is 0 Å². The number of H-pyrrole nitrogens is 1. The third kappa shape index (κ3) is 5.46. The van der Waals surface area contributed by atoms with Crippen LogP contribution in [0, 0.1) is 6.92 Å². The number of amides is 1. The molecule has 0 aliphatic rings. The number of benzene rings is 2. The van der Waals surface area contributed by atoms with Crippen LogP contribution in [0.2, 0.25) is 5.02 Å². The van der Waals surface area contributed by atoms with E-state index in [0.717, 1.165) is 48.0 Å². The topological polar surface area (TPSA) is 90.0 Å². The Balaban J connectivity index is 1.15. The molecule has 4 aromatic rings. The summed E-state index contributed by atoms with van der Waals surface area (Å²) in [7, 11) is 0. The Labute approximate surface area is 198 Å². The van der Waals surface area contributed by atoms with Crippen molar-refractivity contribution in [3.05, 3.63) is 70.5 Å². The lowest BCUT2D eigenvalue weighted by molar-refractivity contribution is -0.121. The summed E-state index contributed by atoms with van der Waals surface area (Å²) in [5.41, 5.74) is 4.80. The number of aryl methyl sites for hydroxylation is 1. The van der Waals surface area contributed by atoms with Crippen LogP contribution in [0.3, 0.4) is 0 Å². The Morgan fingerprint density at radius 3 is 2.82 bits per heavy atom. The largest absolute Gasteiger partial charge is 0.505 e. The number of phenolic OH excluding ortho intramolecular Hbond substituents is 1. The maximum Gasteiger partial charge on any atom is 0.220 e. The summed E-state index contributed by atoms with van der Waals surface area (Å²) >= 11 is 6.32. The second-order valence-corrected chi connectivity index (χ2v) is 8.68. The fourth-order valence-corrected chi connectivity index (χ4v) is 4.49. The van der Waals surface area contributed by atoms with Gasteiger partial charge in [-0.1, -0.05) is 29.8 Å². The number of aromatic nitrogens is 2. The molecule has 0 unspecified atom stereocenters. The number of hydrogen-bond acceptors (Lipinski definition) is 4. The fourth-order valence-electron chi connectivity index (χ4n) is 4.20. The van der Waals surface area contributed by atoms with E-state index in [9.17, 15) is 9.90 Å². The molecule has 0 radical (unpaired) electrons. The third-order valence-electron chi connectivity index (χ3n) is 5.94. The molecule has 4 rings (SSSR count). The van der Waals surface area contributed by atoms with E-state index in [-0.39, 0.29) is 11.7 Å². The molecule has 1 amide bonds. The summed E-state index contributed by atoms with van der Waals surface area (Å²) < 4.78 is 0. The SMILES string of the molecule is Cc1[nH]c2ccccc2c1CCNC(=O)CCCCNCc1cc(Cl)c2cccnc2c1O. The Morgan fingerprint density at radius 1 is 1.12 bits per heavy atom. The second kappa shape index (κ2) is 10.7. The predicted molar refractivity (Wildman–Crippen MR) is 134 cm³/mol. The molecule has 6 nitrogen and oxygen atoms in total. The quantitative estimate of drug-likeness (QED) is 0.248. The molecule has 2 aromatic carbocycles. The fraction of sp³-hybridized carbons (Fsp3) is 0.308. The van der Waals surface area contributed by atoms with Crippen LogP contribution in [0.25, 0.3) is 21.8 Å². The van der Waals surface area contributed by atoms with Crippen molar-refractivity contribution >= 4 is 39.3 Å². The summed E-state index contributed by atoms with van der Waals surface area (Å²) in [6.45, 7) is 3.95. The molecule has 2 heterocycles. The van der Waals surface area contributed by atoms with Crippen molar-refractivity contribution < 1.29 is 9.90 Å². The van der Waals surface area contributed by atoms with Gasteiger partial charge in [0.25, 0.3) is 0 Å². The van der Waals surface area contributed by atoms with Gasteiger partial charge in [-0.25, -0.2) is 0 Å². The van der Waals surface area contributed by atoms with E-state index in [1.165, 1.54) is 10.9 Å². The van der Waals surface area contributed by atoms with E-state index < -0.39 is 0 Å². The number of nitrogens with one attached hydrogen (secondary N) is 3. The molecular weight excluding hydrogens is 436 g/mol. The van der Waals surface area contributed by atoms with E-state index in [1.54, 1.807) is 18.3 Å². The number of carbonyl (C=O) groups excluding carboxylic acids is 1. The van der Waals surface area contributed by atoms with Gasteiger partial charge in [0.1, 0.15) is 11.3 Å². The zero-order chi connectivity index (χ0) is 23.2. The summed E-state index contributed by atoms with van der Waals surface area (Å²) in [5.74, 6) is 0.241. The number of halogens is 1. The van der Waals surface area contributed by atoms with Crippen LogP contribution < -0.4 is 10.6 Å². The number of pyridine rings is 1. The summed E-state index contributed by atoms with van der Waals surface area (Å²) in [6, 6.07) is 13.7. The number of para-hydroxylation sites is 1. The first-order chi connectivity index (χ1) is 16.0. The molecule has 172 valence electrons. The van der Waals surface area contributed by atoms with Crippen molar-refractivity contribution in [3.8, 4) is 5.75 Å². The lowest BCUT2D eigenvalue weighted by atomic mass is 10.1. The number of unbranched alkanes of at least 4 members (excludes halogenated alkanes) is 1. The lowest BCUT2D eigenvalue weighted by Gasteiger charge is -2.10. The van der Waals surface area contributed by atoms with Crippen LogP contribution in [0.4, 0.5) is 0 Å². The number of aromatic hydroxyl groups is 1. The van der Waals surface area contributed by atoms with Crippen molar-refractivity contribution in [1.29, 1.82) is 0 Å². The average molecular weight is 465 g/mol. The van der Waals surface area contributed by atoms with Crippen LogP contribution in [0.15, 0.2) is 48.7 Å². The Hall–Kier alpha value is -3.09. The van der Waals surface area contributed by atoms with Crippen molar-refractivity contribution in [2.45, 2.75) is 39.2 Å². The highest BCUT2D eigenvalue weighted by atomic mass is 35.5. The Morgan fingerprint density at radius 2 is 1.94 bits per heavy atom. The van der Waals surface area contributed by atoms with Crippen molar-refractivity contribution in [2.24, 2.45) is 0 Å². The van der Waals surface area contributed by atoms with E-state index >= 15 is 0 Å². The van der Waals surface area contributed by atoms with Gasteiger partial charge in [-0.2, -0.15) is 0 Å². The number of carbonyl (C=O) groups is 1. The van der Waals surface area contributed by atoms with Crippen LogP contribution in [-0.4, -0.2) is 34.1 Å². The van der Waals surface area contributed by atoms with Gasteiger partial charge >= 0.3 is 0 Å². The molecule has 0 spiro atoms. The number of rotatable bonds is 10. The minimum absolute atomic E-state index is 0.0810. The number of hydrogen-bond donors (Lipinski definition) is 4. The van der Waals surface area contributed by atoms with Gasteiger partial charge in [-0.05, 0) is 62.6 Å². The van der Waals surface area contributed by atoms with Crippen molar-refractivity contribution in [3.63, 3.8) is 0 Å². The molecule has 0 saturated carbocycles. The third-order valence-corrected chi connectivity index (χ3v) is 6.25. The first kappa shape index (κ1) is 23.1. The first-order valence-corrected chi connectivity index (χ1v) is 11.7. The molecule has 33 heavy (non-hydrogen) atoms. The van der Waals surface area contributed by atoms with E-state index in [1.807, 2.05) is 18.2 Å². The number of fused-ring (bicyclic) bond motifs is 2. The smallest absolute Gasteiger partial charge is 0.220 e. The van der Waals surface area contributed by atoms with Crippen LogP contribution in [0.1, 0.15) is 36.1 Å². The molecule has 0 fully saturated rings. The normalized spacial score (nSPS) is 11.3. The number of phenols is 1. The second-order valence-electron chi connectivity index (χ2n) is 8.27. The summed E-state index contributed by atoms with van der Waals surface area (Å²) in [5, 5.41) is 19.3. The van der Waals surface area contributed by atoms with Crippen LogP contribution >= 0.6 is 11.6 Å². The highest BCUT2D eigenvalue weighted by Crippen LogP contribution is 2.32. The molecule has 2 aromatic heterocycles. The standard InChI is InChI=1S/C26H29ClN4O2/c1-17-19(20-7-2-3-9-23(20)31-17)11-14-29-24(32)10-4-5-12-28-16-18-15-22(27)21-8-6-13-30-25(21)26(18)33/h2-3,6-9,13,15,28,31,33H,4-5,10-12,14,16H2,1H3,(H,29,32). The van der Waals surface area contributed by atoms with Gasteiger partial charge in [0.05, 0.1) is 5.02 Å². The Kier molecular flexibility index (Phi) is 7.47. The highest BCUT2D eigenvalue weighted by molar-refractivity contribution is 6.35. The monoisotopic (exact) mass is 464 g/mol. The minimum atomic E-state index is 0.0810. The van der Waals surface area contributed by atoms with Crippen molar-refractivity contribution in [1.82, 2.24) is 20.6 Å². The van der Waals surface area contributed by atoms with Gasteiger partial charge < -0.3 is 20.7 Å². The summed E-state index contributed by atoms with van der Waals surface area (Å²) in [4.78, 5) is 19.8. The van der Waals surface area contributed by atoms with E-state index in [4.69, 9.17) is 11.6 Å². The Bertz CT molecular complexity index is 1270. The van der Waals surface area contributed by atoms with Crippen molar-refractivity contribution in [2.75, 3.05) is 13.1 Å². The number of nitrogens with zero attached hydrogens (tertiary/aromatic N) is 1. The molecule has 4 N–H and O–H groups in total. The zero-order valence-corrected chi connectivity index (χ0v) is 19.5. The maximum absolute atomic E-state index is 12.2. The lowest BCUT2D eigenvalue weighted by Crippen LogP contribution is -2.25. The highest BCUT2D eigenvalue weighted by Gasteiger charge is 2.11. The molecular formula is C26H29ClN4O2. The molecule has 0 bridgehead atoms. The van der Waals surface area contributed by atoms with E-state index in [0.29, 0.717) is 30.0 Å². The molecule has 0 saturated heterocycles. The first-order valence-electron chi connectivity index (χ1n) is 11.3. The van der Waals surface area contributed by atoms with Gasteiger partial charge in [0.2, 0.25) is 5.91 Å². The minimum Gasteiger partial charge on any atom is -0.505 e. The van der Waals surface area contributed by atoms with E-state index in [2.05, 4.69) is 39.7 Å².